The predicted octanol–water partition coefficient (Wildman–Crippen LogP) is 1.52. The van der Waals surface area contributed by atoms with Gasteiger partial charge in [0.15, 0.2) is 0 Å². The number of hydrogen-bond donors (Lipinski definition) is 3. The van der Waals surface area contributed by atoms with Crippen molar-refractivity contribution in [3.05, 3.63) is 24.5 Å². The van der Waals surface area contributed by atoms with Gasteiger partial charge in [0.25, 0.3) is 0 Å². The Bertz CT molecular complexity index is 537. The van der Waals surface area contributed by atoms with Crippen LogP contribution in [0.3, 0.4) is 0 Å². The number of aromatic amines is 1. The van der Waals surface area contributed by atoms with Crippen LogP contribution in [-0.4, -0.2) is 34.3 Å². The van der Waals surface area contributed by atoms with E-state index in [0.29, 0.717) is 11.8 Å². The van der Waals surface area contributed by atoms with Crippen molar-refractivity contribution in [1.82, 2.24) is 20.2 Å². The number of nitrogens with zero attached hydrogens (tertiary/aromatic N) is 3. The maximum atomic E-state index is 4.82. The molecule has 0 atom stereocenters. The molecule has 0 unspecified atom stereocenters. The highest BCUT2D eigenvalue weighted by Crippen LogP contribution is 2.27. The minimum atomic E-state index is 0.364. The van der Waals surface area contributed by atoms with Crippen LogP contribution in [0.2, 0.25) is 0 Å². The predicted molar refractivity (Wildman–Crippen MR) is 69.9 cm³/mol. The van der Waals surface area contributed by atoms with E-state index in [2.05, 4.69) is 37.5 Å². The molecule has 0 saturated carbocycles. The summed E-state index contributed by atoms with van der Waals surface area (Å²) in [5.74, 6) is 1.03. The molecule has 3 N–H and O–H groups in total. The van der Waals surface area contributed by atoms with E-state index in [0.717, 1.165) is 16.8 Å². The van der Waals surface area contributed by atoms with E-state index < -0.39 is 0 Å². The molecule has 7 nitrogen and oxygen atoms in total. The van der Waals surface area contributed by atoms with Gasteiger partial charge in [0, 0.05) is 24.4 Å². The molecule has 0 spiro atoms. The molecule has 0 aliphatic heterocycles. The fraction of sp³-hybridized carbons (Fsp3) is 0.182. The van der Waals surface area contributed by atoms with Crippen LogP contribution in [0.1, 0.15) is 5.56 Å². The molecule has 0 aromatic carbocycles. The van der Waals surface area contributed by atoms with Crippen LogP contribution in [0.25, 0.3) is 17.3 Å². The molecule has 0 aliphatic rings. The van der Waals surface area contributed by atoms with E-state index in [1.54, 1.807) is 25.5 Å². The largest absolute Gasteiger partial charge is 0.372 e. The third-order valence-electron chi connectivity index (χ3n) is 2.35. The summed E-state index contributed by atoms with van der Waals surface area (Å²) in [6, 6.07) is 0. The van der Waals surface area contributed by atoms with Crippen molar-refractivity contribution in [2.75, 3.05) is 25.0 Å². The summed E-state index contributed by atoms with van der Waals surface area (Å²) in [7, 11) is 3.28. The van der Waals surface area contributed by atoms with Crippen LogP contribution >= 0.6 is 0 Å². The Kier molecular flexibility index (Phi) is 3.54. The topological polar surface area (TPSA) is 87.8 Å². The fourth-order valence-electron chi connectivity index (χ4n) is 1.59. The Morgan fingerprint density at radius 3 is 2.83 bits per heavy atom. The average Bonchev–Trinajstić information content (AvgIpc) is 2.91. The first-order valence-corrected chi connectivity index (χ1v) is 5.30. The van der Waals surface area contributed by atoms with Crippen LogP contribution in [0, 0.1) is 0 Å². The van der Waals surface area contributed by atoms with Crippen LogP contribution in [-0.2, 0) is 4.84 Å². The molecule has 0 bridgehead atoms. The monoisotopic (exact) mass is 246 g/mol. The van der Waals surface area contributed by atoms with Gasteiger partial charge < -0.3 is 5.32 Å². The minimum absolute atomic E-state index is 0.364. The molecule has 18 heavy (non-hydrogen) atoms. The second kappa shape index (κ2) is 5.28. The second-order valence-corrected chi connectivity index (χ2v) is 3.41. The summed E-state index contributed by atoms with van der Waals surface area (Å²) < 4.78 is 0. The van der Waals surface area contributed by atoms with Gasteiger partial charge in [-0.05, 0) is 0 Å². The van der Waals surface area contributed by atoms with Gasteiger partial charge in [0.1, 0.15) is 5.82 Å². The van der Waals surface area contributed by atoms with Crippen LogP contribution in [0.4, 0.5) is 11.8 Å². The van der Waals surface area contributed by atoms with Crippen molar-refractivity contribution >= 4 is 17.8 Å². The van der Waals surface area contributed by atoms with Crippen molar-refractivity contribution in [2.24, 2.45) is 0 Å². The van der Waals surface area contributed by atoms with Gasteiger partial charge in [0.2, 0.25) is 5.95 Å². The molecule has 2 heterocycles. The van der Waals surface area contributed by atoms with Gasteiger partial charge in [-0.3, -0.25) is 9.94 Å². The van der Waals surface area contributed by atoms with Crippen molar-refractivity contribution in [1.29, 1.82) is 0 Å². The standard InChI is InChI=1S/C11H14N6O/c1-4-8-9(7-5-13-14-6-7)15-11(17-18-3)16-10(8)12-2/h4-6H,1H2,2-3H3,(H,13,14)(H2,12,15,16,17). The van der Waals surface area contributed by atoms with Crippen molar-refractivity contribution in [3.8, 4) is 11.3 Å². The van der Waals surface area contributed by atoms with Crippen LogP contribution < -0.4 is 10.8 Å². The second-order valence-electron chi connectivity index (χ2n) is 3.41. The molecule has 7 heteroatoms. The molecule has 0 radical (unpaired) electrons. The molecule has 0 saturated heterocycles. The van der Waals surface area contributed by atoms with Crippen molar-refractivity contribution in [2.45, 2.75) is 0 Å². The number of H-pyrrole nitrogens is 1. The lowest BCUT2D eigenvalue weighted by atomic mass is 10.1. The number of nitrogens with one attached hydrogen (secondary N) is 3. The summed E-state index contributed by atoms with van der Waals surface area (Å²) in [6.07, 6.45) is 5.14. The van der Waals surface area contributed by atoms with E-state index in [1.807, 2.05) is 0 Å². The van der Waals surface area contributed by atoms with Crippen LogP contribution in [0.15, 0.2) is 19.0 Å². The van der Waals surface area contributed by atoms with E-state index in [9.17, 15) is 0 Å². The summed E-state index contributed by atoms with van der Waals surface area (Å²) in [4.78, 5) is 13.4. The first kappa shape index (κ1) is 12.1. The maximum Gasteiger partial charge on any atom is 0.249 e. The number of hydrogen-bond acceptors (Lipinski definition) is 6. The molecule has 2 rings (SSSR count). The van der Waals surface area contributed by atoms with Gasteiger partial charge in [-0.2, -0.15) is 10.1 Å². The van der Waals surface area contributed by atoms with Crippen molar-refractivity contribution < 1.29 is 4.84 Å². The summed E-state index contributed by atoms with van der Waals surface area (Å²) in [5.41, 5.74) is 4.98. The van der Waals surface area contributed by atoms with E-state index in [4.69, 9.17) is 4.84 Å². The maximum absolute atomic E-state index is 4.82. The molecule has 2 aromatic rings. The third kappa shape index (κ3) is 2.16. The SMILES string of the molecule is C=Cc1c(NC)nc(NOC)nc1-c1cn[nH]c1. The highest BCUT2D eigenvalue weighted by atomic mass is 16.6. The van der Waals surface area contributed by atoms with Gasteiger partial charge in [-0.25, -0.2) is 10.5 Å². The first-order chi connectivity index (χ1) is 8.80. The van der Waals surface area contributed by atoms with Gasteiger partial charge >= 0.3 is 0 Å². The zero-order valence-electron chi connectivity index (χ0n) is 10.2. The van der Waals surface area contributed by atoms with Crippen LogP contribution in [0.5, 0.6) is 0 Å². The normalized spacial score (nSPS) is 10.1. The Labute approximate surface area is 104 Å². The van der Waals surface area contributed by atoms with Gasteiger partial charge in [-0.15, -0.1) is 0 Å². The first-order valence-electron chi connectivity index (χ1n) is 5.30. The fourth-order valence-corrected chi connectivity index (χ4v) is 1.59. The Hall–Kier alpha value is -2.41. The Morgan fingerprint density at radius 2 is 2.28 bits per heavy atom. The highest BCUT2D eigenvalue weighted by molar-refractivity contribution is 5.78. The molecule has 0 aliphatic carbocycles. The van der Waals surface area contributed by atoms with Gasteiger partial charge in [0.05, 0.1) is 19.0 Å². The summed E-state index contributed by atoms with van der Waals surface area (Å²) >= 11 is 0. The zero-order chi connectivity index (χ0) is 13.0. The molecular formula is C11H14N6O. The Balaban J connectivity index is 2.60. The third-order valence-corrected chi connectivity index (χ3v) is 2.35. The van der Waals surface area contributed by atoms with Crippen molar-refractivity contribution in [3.63, 3.8) is 0 Å². The molecular weight excluding hydrogens is 232 g/mol. The van der Waals surface area contributed by atoms with E-state index >= 15 is 0 Å². The lowest BCUT2D eigenvalue weighted by Gasteiger charge is -2.11. The lowest BCUT2D eigenvalue weighted by Crippen LogP contribution is -2.07. The Morgan fingerprint density at radius 1 is 1.44 bits per heavy atom. The smallest absolute Gasteiger partial charge is 0.249 e. The summed E-state index contributed by atoms with van der Waals surface area (Å²) in [6.45, 7) is 3.78. The zero-order valence-corrected chi connectivity index (χ0v) is 10.2. The van der Waals surface area contributed by atoms with E-state index in [-0.39, 0.29) is 0 Å². The number of rotatable bonds is 5. The summed E-state index contributed by atoms with van der Waals surface area (Å²) in [5, 5.41) is 9.66. The average molecular weight is 246 g/mol. The number of aromatic nitrogens is 4. The lowest BCUT2D eigenvalue weighted by molar-refractivity contribution is 0.267. The molecule has 0 fully saturated rings. The highest BCUT2D eigenvalue weighted by Gasteiger charge is 2.13. The molecule has 2 aromatic heterocycles. The minimum Gasteiger partial charge on any atom is -0.372 e. The number of anilines is 2. The quantitative estimate of drug-likeness (QED) is 0.693. The molecule has 94 valence electrons. The van der Waals surface area contributed by atoms with E-state index in [1.165, 1.54) is 7.11 Å². The molecule has 0 amide bonds. The van der Waals surface area contributed by atoms with Gasteiger partial charge in [-0.1, -0.05) is 12.7 Å².